The van der Waals surface area contributed by atoms with Gasteiger partial charge in [-0.2, -0.15) is 19.1 Å². The van der Waals surface area contributed by atoms with Crippen molar-refractivity contribution in [2.75, 3.05) is 0 Å². The molecule has 2 aromatic heterocycles. The van der Waals surface area contributed by atoms with Crippen LogP contribution in [0.25, 0.3) is 0 Å². The lowest BCUT2D eigenvalue weighted by Gasteiger charge is -2.32. The Morgan fingerprint density at radius 1 is 1.15 bits per heavy atom. The zero-order valence-electron chi connectivity index (χ0n) is 10.8. The largest absolute Gasteiger partial charge is 0.403 e. The maximum Gasteiger partial charge on any atom is 0.403 e. The Morgan fingerprint density at radius 3 is 2.35 bits per heavy atom. The molecule has 0 aliphatic carbocycles. The maximum atomic E-state index is 13.6. The predicted molar refractivity (Wildman–Crippen MR) is 72.0 cm³/mol. The van der Waals surface area contributed by atoms with Gasteiger partial charge in [-0.05, 0) is 13.3 Å². The number of nitrogens with zero attached hydrogens (tertiary/aromatic N) is 8. The first-order chi connectivity index (χ1) is 9.73. The van der Waals surface area contributed by atoms with Crippen LogP contribution >= 0.6 is 7.59 Å². The van der Waals surface area contributed by atoms with Crippen molar-refractivity contribution >= 4 is 13.9 Å². The minimum absolute atomic E-state index is 0.0308. The highest BCUT2D eigenvalue weighted by Gasteiger charge is 2.38. The van der Waals surface area contributed by atoms with Crippen molar-refractivity contribution < 1.29 is 4.57 Å². The molecule has 104 valence electrons. The van der Waals surface area contributed by atoms with Crippen LogP contribution in [0.3, 0.4) is 0 Å². The molecule has 0 fully saturated rings. The van der Waals surface area contributed by atoms with E-state index in [4.69, 9.17) is 0 Å². The Kier molecular flexibility index (Phi) is 3.19. The van der Waals surface area contributed by atoms with E-state index in [1.807, 2.05) is 13.0 Å². The van der Waals surface area contributed by atoms with Crippen LogP contribution in [0.1, 0.15) is 13.3 Å². The summed E-state index contributed by atoms with van der Waals surface area (Å²) in [6.07, 6.45) is 11.3. The summed E-state index contributed by atoms with van der Waals surface area (Å²) >= 11 is 0. The maximum absolute atomic E-state index is 13.6. The molecule has 0 saturated carbocycles. The van der Waals surface area contributed by atoms with E-state index in [2.05, 4.69) is 25.2 Å². The molecule has 0 amide bonds. The molecular weight excluding hydrogens is 279 g/mol. The van der Waals surface area contributed by atoms with Crippen molar-refractivity contribution in [3.8, 4) is 0 Å². The van der Waals surface area contributed by atoms with Crippen LogP contribution in [-0.4, -0.2) is 46.1 Å². The molecule has 20 heavy (non-hydrogen) atoms. The quantitative estimate of drug-likeness (QED) is 0.784. The second-order valence-electron chi connectivity index (χ2n) is 4.26. The summed E-state index contributed by atoms with van der Waals surface area (Å²) in [4.78, 5) is 11.9. The van der Waals surface area contributed by atoms with Gasteiger partial charge in [-0.3, -0.25) is 4.67 Å². The topological polar surface area (TPSA) is 94.1 Å². The van der Waals surface area contributed by atoms with Gasteiger partial charge in [0.05, 0.1) is 6.34 Å². The van der Waals surface area contributed by atoms with Gasteiger partial charge < -0.3 is 0 Å². The van der Waals surface area contributed by atoms with Gasteiger partial charge in [-0.15, -0.1) is 0 Å². The van der Waals surface area contributed by atoms with E-state index in [9.17, 15) is 4.57 Å². The molecule has 2 aromatic rings. The standard InChI is InChI=1S/C10H13N8OP/c1-10-3-2-4-11-7-16(10)20(19,17-8-12-5-14-17)18-9-13-6-15-18/h2,4-10H,3H2,1H3. The van der Waals surface area contributed by atoms with Crippen LogP contribution in [0.4, 0.5) is 0 Å². The molecule has 10 heteroatoms. The average Bonchev–Trinajstić information content (AvgIpc) is 3.11. The summed E-state index contributed by atoms with van der Waals surface area (Å²) in [6, 6.07) is -0.0308. The smallest absolute Gasteiger partial charge is 0.275 e. The van der Waals surface area contributed by atoms with Crippen molar-refractivity contribution in [2.24, 2.45) is 4.99 Å². The molecule has 0 radical (unpaired) electrons. The van der Waals surface area contributed by atoms with E-state index >= 15 is 0 Å². The van der Waals surface area contributed by atoms with Gasteiger partial charge in [-0.25, -0.2) is 19.5 Å². The third-order valence-corrected chi connectivity index (χ3v) is 5.53. The third-order valence-electron chi connectivity index (χ3n) is 2.95. The van der Waals surface area contributed by atoms with Crippen LogP contribution in [0.2, 0.25) is 0 Å². The summed E-state index contributed by atoms with van der Waals surface area (Å²) < 4.78 is 17.8. The van der Waals surface area contributed by atoms with Gasteiger partial charge in [0.2, 0.25) is 0 Å². The van der Waals surface area contributed by atoms with Gasteiger partial charge in [0, 0.05) is 12.2 Å². The second-order valence-corrected chi connectivity index (χ2v) is 6.57. The minimum Gasteiger partial charge on any atom is -0.275 e. The Balaban J connectivity index is 2.14. The first-order valence-corrected chi connectivity index (χ1v) is 7.57. The van der Waals surface area contributed by atoms with E-state index in [1.165, 1.54) is 40.6 Å². The zero-order valence-corrected chi connectivity index (χ0v) is 11.7. The third kappa shape index (κ3) is 1.96. The number of aliphatic imine (C=N–C) groups is 1. The fourth-order valence-corrected chi connectivity index (χ4v) is 4.11. The van der Waals surface area contributed by atoms with Crippen molar-refractivity contribution in [1.82, 2.24) is 33.7 Å². The SMILES string of the molecule is CC1CC=CN=CN1P(=O)(n1cncn1)n1cncn1. The van der Waals surface area contributed by atoms with Gasteiger partial charge in [-0.1, -0.05) is 6.08 Å². The van der Waals surface area contributed by atoms with Crippen LogP contribution in [-0.2, 0) is 4.57 Å². The Morgan fingerprint density at radius 2 is 1.80 bits per heavy atom. The molecule has 1 aliphatic rings. The highest BCUT2D eigenvalue weighted by atomic mass is 31.2. The number of hydrogen-bond acceptors (Lipinski definition) is 6. The van der Waals surface area contributed by atoms with Crippen LogP contribution in [0, 0.1) is 0 Å². The van der Waals surface area contributed by atoms with E-state index in [0.717, 1.165) is 0 Å². The van der Waals surface area contributed by atoms with Gasteiger partial charge in [0.1, 0.15) is 25.3 Å². The van der Waals surface area contributed by atoms with Crippen molar-refractivity contribution in [3.05, 3.63) is 37.6 Å². The Bertz CT molecular complexity index is 623. The average molecular weight is 292 g/mol. The van der Waals surface area contributed by atoms with Crippen LogP contribution in [0.15, 0.2) is 42.6 Å². The highest BCUT2D eigenvalue weighted by Crippen LogP contribution is 2.51. The van der Waals surface area contributed by atoms with Crippen LogP contribution in [0.5, 0.6) is 0 Å². The molecule has 3 heterocycles. The predicted octanol–water partition coefficient (Wildman–Crippen LogP) is 1.01. The second kappa shape index (κ2) is 5.01. The molecule has 1 atom stereocenters. The summed E-state index contributed by atoms with van der Waals surface area (Å²) in [7, 11) is -3.36. The minimum atomic E-state index is -3.36. The number of aromatic nitrogens is 6. The van der Waals surface area contributed by atoms with E-state index in [0.29, 0.717) is 6.42 Å². The summed E-state index contributed by atoms with van der Waals surface area (Å²) in [5, 5.41) is 8.03. The molecule has 0 spiro atoms. The molecule has 0 aromatic carbocycles. The molecule has 0 N–H and O–H groups in total. The van der Waals surface area contributed by atoms with E-state index < -0.39 is 7.59 Å². The van der Waals surface area contributed by atoms with Crippen molar-refractivity contribution in [2.45, 2.75) is 19.4 Å². The van der Waals surface area contributed by atoms with Crippen molar-refractivity contribution in [1.29, 1.82) is 0 Å². The summed E-state index contributed by atoms with van der Waals surface area (Å²) in [6.45, 7) is 1.96. The Labute approximate surface area is 115 Å². The monoisotopic (exact) mass is 292 g/mol. The lowest BCUT2D eigenvalue weighted by Crippen LogP contribution is -2.33. The zero-order chi connectivity index (χ0) is 14.0. The van der Waals surface area contributed by atoms with Gasteiger partial charge >= 0.3 is 7.59 Å². The van der Waals surface area contributed by atoms with Crippen LogP contribution < -0.4 is 0 Å². The first-order valence-electron chi connectivity index (χ1n) is 6.01. The first kappa shape index (κ1) is 12.7. The molecule has 3 rings (SSSR count). The number of rotatable bonds is 3. The number of hydrogen-bond donors (Lipinski definition) is 0. The molecule has 0 bridgehead atoms. The van der Waals surface area contributed by atoms with Crippen molar-refractivity contribution in [3.63, 3.8) is 0 Å². The molecule has 9 nitrogen and oxygen atoms in total. The normalized spacial score (nSPS) is 19.2. The lowest BCUT2D eigenvalue weighted by atomic mass is 10.2. The molecule has 1 aliphatic heterocycles. The molecular formula is C10H13N8OP. The highest BCUT2D eigenvalue weighted by molar-refractivity contribution is 7.58. The fourth-order valence-electron chi connectivity index (χ4n) is 1.95. The fraction of sp³-hybridized carbons (Fsp3) is 0.300. The Hall–Kier alpha value is -2.28. The van der Waals surface area contributed by atoms with Gasteiger partial charge in [0.25, 0.3) is 0 Å². The van der Waals surface area contributed by atoms with Gasteiger partial charge in [0.15, 0.2) is 0 Å². The molecule has 0 saturated heterocycles. The van der Waals surface area contributed by atoms with E-state index in [-0.39, 0.29) is 6.04 Å². The summed E-state index contributed by atoms with van der Waals surface area (Å²) in [5.74, 6) is 0. The van der Waals surface area contributed by atoms with E-state index in [1.54, 1.807) is 10.9 Å². The lowest BCUT2D eigenvalue weighted by molar-refractivity contribution is 0.434. The summed E-state index contributed by atoms with van der Waals surface area (Å²) in [5.41, 5.74) is 0. The molecule has 1 unspecified atom stereocenters.